The third-order valence-electron chi connectivity index (χ3n) is 2.30. The fraction of sp³-hybridized carbons (Fsp3) is 0.455. The first-order valence-electron chi connectivity index (χ1n) is 4.67. The van der Waals surface area contributed by atoms with Gasteiger partial charge in [0.2, 0.25) is 0 Å². The summed E-state index contributed by atoms with van der Waals surface area (Å²) in [6.45, 7) is 2.09. The summed E-state index contributed by atoms with van der Waals surface area (Å²) in [5, 5.41) is 0.891. The van der Waals surface area contributed by atoms with E-state index in [0.717, 1.165) is 23.7 Å². The van der Waals surface area contributed by atoms with Gasteiger partial charge in [-0.25, -0.2) is 8.78 Å². The van der Waals surface area contributed by atoms with Gasteiger partial charge < -0.3 is 0 Å². The second-order valence-corrected chi connectivity index (χ2v) is 4.03. The maximum absolute atomic E-state index is 12.9. The van der Waals surface area contributed by atoms with E-state index in [9.17, 15) is 8.78 Å². The van der Waals surface area contributed by atoms with Crippen LogP contribution in [0, 0.1) is 17.6 Å². The molecule has 0 aromatic heterocycles. The van der Waals surface area contributed by atoms with E-state index < -0.39 is 11.6 Å². The molecule has 3 heteroatoms. The summed E-state index contributed by atoms with van der Waals surface area (Å²) in [5.74, 6) is -1.05. The molecule has 0 saturated carbocycles. The Balaban J connectivity index is 2.72. The van der Waals surface area contributed by atoms with Gasteiger partial charge in [-0.2, -0.15) is 0 Å². The molecule has 0 spiro atoms. The first-order chi connectivity index (χ1) is 6.67. The summed E-state index contributed by atoms with van der Waals surface area (Å²) in [6, 6.07) is 4.11. The zero-order valence-corrected chi connectivity index (χ0v) is 9.65. The lowest BCUT2D eigenvalue weighted by atomic mass is 9.99. The van der Waals surface area contributed by atoms with Crippen molar-refractivity contribution in [1.29, 1.82) is 0 Å². The molecule has 1 unspecified atom stereocenters. The monoisotopic (exact) mass is 262 g/mol. The molecule has 0 amide bonds. The molecule has 0 saturated heterocycles. The van der Waals surface area contributed by atoms with Crippen LogP contribution in [0.3, 0.4) is 0 Å². The first kappa shape index (κ1) is 11.6. The van der Waals surface area contributed by atoms with E-state index >= 15 is 0 Å². The lowest BCUT2D eigenvalue weighted by Crippen LogP contribution is -2.05. The van der Waals surface area contributed by atoms with Crippen LogP contribution in [-0.4, -0.2) is 5.33 Å². The lowest BCUT2D eigenvalue weighted by Gasteiger charge is -2.11. The van der Waals surface area contributed by atoms with Gasteiger partial charge in [0.25, 0.3) is 0 Å². The highest BCUT2D eigenvalue weighted by Gasteiger charge is 2.08. The molecule has 0 aliphatic heterocycles. The third kappa shape index (κ3) is 3.05. The topological polar surface area (TPSA) is 0 Å². The van der Waals surface area contributed by atoms with Crippen LogP contribution in [0.5, 0.6) is 0 Å². The quantitative estimate of drug-likeness (QED) is 0.722. The van der Waals surface area contributed by atoms with Gasteiger partial charge >= 0.3 is 0 Å². The Morgan fingerprint density at radius 3 is 2.50 bits per heavy atom. The summed E-state index contributed by atoms with van der Waals surface area (Å²) in [5.41, 5.74) is 0.857. The molecule has 0 heterocycles. The van der Waals surface area contributed by atoms with Gasteiger partial charge in [-0.15, -0.1) is 0 Å². The van der Waals surface area contributed by atoms with Crippen LogP contribution in [0.25, 0.3) is 0 Å². The molecule has 0 fully saturated rings. The highest BCUT2D eigenvalue weighted by molar-refractivity contribution is 9.09. The van der Waals surface area contributed by atoms with Crippen LogP contribution in [0.15, 0.2) is 18.2 Å². The molecule has 1 rings (SSSR count). The Kier molecular flexibility index (Phi) is 4.52. The summed E-state index contributed by atoms with van der Waals surface area (Å²) in [6.07, 6.45) is 1.82. The second kappa shape index (κ2) is 5.44. The maximum Gasteiger partial charge on any atom is 0.159 e. The summed E-state index contributed by atoms with van der Waals surface area (Å²) >= 11 is 3.40. The first-order valence-corrected chi connectivity index (χ1v) is 5.79. The smallest absolute Gasteiger partial charge is 0.159 e. The van der Waals surface area contributed by atoms with Crippen LogP contribution in [-0.2, 0) is 6.42 Å². The SMILES string of the molecule is CCC(CBr)Cc1ccc(F)c(F)c1. The van der Waals surface area contributed by atoms with Crippen molar-refractivity contribution < 1.29 is 8.78 Å². The average molecular weight is 263 g/mol. The second-order valence-electron chi connectivity index (χ2n) is 3.38. The highest BCUT2D eigenvalue weighted by atomic mass is 79.9. The van der Waals surface area contributed by atoms with Gasteiger partial charge in [0.05, 0.1) is 0 Å². The summed E-state index contributed by atoms with van der Waals surface area (Å²) in [4.78, 5) is 0. The van der Waals surface area contributed by atoms with Gasteiger partial charge in [-0.05, 0) is 30.0 Å². The van der Waals surface area contributed by atoms with Crippen molar-refractivity contribution in [2.75, 3.05) is 5.33 Å². The molecule has 0 bridgehead atoms. The number of hydrogen-bond donors (Lipinski definition) is 0. The molecule has 0 nitrogen and oxygen atoms in total. The van der Waals surface area contributed by atoms with E-state index in [1.807, 2.05) is 0 Å². The van der Waals surface area contributed by atoms with E-state index in [1.54, 1.807) is 6.07 Å². The Bertz CT molecular complexity index is 295. The molecular formula is C11H13BrF2. The van der Waals surface area contributed by atoms with Crippen molar-refractivity contribution in [1.82, 2.24) is 0 Å². The highest BCUT2D eigenvalue weighted by Crippen LogP contribution is 2.16. The van der Waals surface area contributed by atoms with E-state index in [-0.39, 0.29) is 0 Å². The van der Waals surface area contributed by atoms with Gasteiger partial charge in [-0.1, -0.05) is 35.3 Å². The largest absolute Gasteiger partial charge is 0.204 e. The molecular weight excluding hydrogens is 250 g/mol. The van der Waals surface area contributed by atoms with Gasteiger partial charge in [0, 0.05) is 5.33 Å². The minimum atomic E-state index is -0.777. The normalized spacial score (nSPS) is 12.9. The molecule has 78 valence electrons. The summed E-state index contributed by atoms with van der Waals surface area (Å²) < 4.78 is 25.5. The van der Waals surface area contributed by atoms with Crippen LogP contribution < -0.4 is 0 Å². The van der Waals surface area contributed by atoms with Crippen LogP contribution in [0.2, 0.25) is 0 Å². The van der Waals surface area contributed by atoms with Crippen LogP contribution in [0.4, 0.5) is 8.78 Å². The number of benzene rings is 1. The van der Waals surface area contributed by atoms with E-state index in [4.69, 9.17) is 0 Å². The fourth-order valence-corrected chi connectivity index (χ4v) is 1.99. The standard InChI is InChI=1S/C11H13BrF2/c1-2-8(7-12)5-9-3-4-10(13)11(14)6-9/h3-4,6,8H,2,5,7H2,1H3. The number of hydrogen-bond acceptors (Lipinski definition) is 0. The maximum atomic E-state index is 12.9. The predicted molar refractivity (Wildman–Crippen MR) is 57.6 cm³/mol. The molecule has 0 radical (unpaired) electrons. The molecule has 0 N–H and O–H groups in total. The fourth-order valence-electron chi connectivity index (χ4n) is 1.31. The van der Waals surface area contributed by atoms with Crippen LogP contribution >= 0.6 is 15.9 Å². The molecule has 0 aliphatic rings. The molecule has 14 heavy (non-hydrogen) atoms. The van der Waals surface area contributed by atoms with Crippen molar-refractivity contribution in [3.05, 3.63) is 35.4 Å². The van der Waals surface area contributed by atoms with Gasteiger partial charge in [0.1, 0.15) is 0 Å². The Hall–Kier alpha value is -0.440. The molecule has 1 aromatic rings. The number of rotatable bonds is 4. The van der Waals surface area contributed by atoms with Crippen molar-refractivity contribution in [2.24, 2.45) is 5.92 Å². The Morgan fingerprint density at radius 2 is 2.00 bits per heavy atom. The predicted octanol–water partition coefficient (Wildman–Crippen LogP) is 3.93. The zero-order valence-electron chi connectivity index (χ0n) is 8.06. The molecule has 1 aromatic carbocycles. The molecule has 1 atom stereocenters. The van der Waals surface area contributed by atoms with Crippen LogP contribution in [0.1, 0.15) is 18.9 Å². The minimum Gasteiger partial charge on any atom is -0.204 e. The number of halogens is 3. The van der Waals surface area contributed by atoms with E-state index in [0.29, 0.717) is 5.92 Å². The van der Waals surface area contributed by atoms with Gasteiger partial charge in [0.15, 0.2) is 11.6 Å². The lowest BCUT2D eigenvalue weighted by molar-refractivity contribution is 0.503. The zero-order chi connectivity index (χ0) is 10.6. The van der Waals surface area contributed by atoms with Gasteiger partial charge in [-0.3, -0.25) is 0 Å². The molecule has 0 aliphatic carbocycles. The summed E-state index contributed by atoms with van der Waals surface area (Å²) in [7, 11) is 0. The van der Waals surface area contributed by atoms with E-state index in [1.165, 1.54) is 12.1 Å². The van der Waals surface area contributed by atoms with Crippen molar-refractivity contribution in [3.63, 3.8) is 0 Å². The average Bonchev–Trinajstić information content (AvgIpc) is 2.19. The Morgan fingerprint density at radius 1 is 1.29 bits per heavy atom. The minimum absolute atomic E-state index is 0.486. The van der Waals surface area contributed by atoms with E-state index in [2.05, 4.69) is 22.9 Å². The van der Waals surface area contributed by atoms with Crippen molar-refractivity contribution in [2.45, 2.75) is 19.8 Å². The third-order valence-corrected chi connectivity index (χ3v) is 3.22. The van der Waals surface area contributed by atoms with Crippen molar-refractivity contribution in [3.8, 4) is 0 Å². The Labute approximate surface area is 91.5 Å². The van der Waals surface area contributed by atoms with Crippen molar-refractivity contribution >= 4 is 15.9 Å². The number of alkyl halides is 1.